The van der Waals surface area contributed by atoms with Crippen LogP contribution in [-0.4, -0.2) is 25.5 Å². The van der Waals surface area contributed by atoms with Crippen LogP contribution in [0.3, 0.4) is 0 Å². The molecule has 2 N–H and O–H groups in total. The molecule has 6 heteroatoms. The molecule has 1 saturated carbocycles. The van der Waals surface area contributed by atoms with Gasteiger partial charge in [0.2, 0.25) is 11.8 Å². The molecule has 1 fully saturated rings. The summed E-state index contributed by atoms with van der Waals surface area (Å²) in [4.78, 5) is 24.6. The quantitative estimate of drug-likeness (QED) is 0.716. The average molecular weight is 367 g/mol. The highest BCUT2D eigenvalue weighted by Gasteiger charge is 2.30. The van der Waals surface area contributed by atoms with Gasteiger partial charge in [0.1, 0.15) is 5.75 Å². The first-order valence-electron chi connectivity index (χ1n) is 8.97. The molecule has 0 bridgehead atoms. The van der Waals surface area contributed by atoms with Crippen molar-refractivity contribution in [3.05, 3.63) is 23.2 Å². The molecule has 0 radical (unpaired) electrons. The van der Waals surface area contributed by atoms with E-state index >= 15 is 0 Å². The van der Waals surface area contributed by atoms with Gasteiger partial charge in [0.05, 0.1) is 12.8 Å². The molecule has 2 rings (SSSR count). The molecule has 0 atom stereocenters. The van der Waals surface area contributed by atoms with Crippen molar-refractivity contribution >= 4 is 29.1 Å². The second kappa shape index (κ2) is 9.66. The molecule has 2 amide bonds. The van der Waals surface area contributed by atoms with E-state index in [1.54, 1.807) is 25.3 Å². The number of methoxy groups -OCH3 is 1. The predicted molar refractivity (Wildman–Crippen MR) is 100.0 cm³/mol. The molecule has 138 valence electrons. The maximum absolute atomic E-state index is 12.5. The number of rotatable bonds is 7. The van der Waals surface area contributed by atoms with E-state index < -0.39 is 0 Å². The number of ether oxygens (including phenoxy) is 1. The van der Waals surface area contributed by atoms with Crippen molar-refractivity contribution in [3.63, 3.8) is 0 Å². The minimum absolute atomic E-state index is 0.0293. The topological polar surface area (TPSA) is 67.4 Å². The fourth-order valence-corrected chi connectivity index (χ4v) is 3.34. The van der Waals surface area contributed by atoms with Crippen LogP contribution in [0.4, 0.5) is 5.69 Å². The van der Waals surface area contributed by atoms with E-state index in [1.165, 1.54) is 0 Å². The van der Waals surface area contributed by atoms with Gasteiger partial charge in [-0.15, -0.1) is 0 Å². The zero-order valence-electron chi connectivity index (χ0n) is 14.9. The van der Waals surface area contributed by atoms with Crippen LogP contribution in [0.2, 0.25) is 5.02 Å². The van der Waals surface area contributed by atoms with Crippen molar-refractivity contribution < 1.29 is 14.3 Å². The van der Waals surface area contributed by atoms with Crippen molar-refractivity contribution in [2.45, 2.75) is 45.4 Å². The van der Waals surface area contributed by atoms with Crippen LogP contribution < -0.4 is 15.4 Å². The number of benzene rings is 1. The van der Waals surface area contributed by atoms with Gasteiger partial charge in [-0.1, -0.05) is 24.9 Å². The molecule has 1 aromatic carbocycles. The van der Waals surface area contributed by atoms with Gasteiger partial charge < -0.3 is 15.4 Å². The summed E-state index contributed by atoms with van der Waals surface area (Å²) in [5.74, 6) is 0.626. The van der Waals surface area contributed by atoms with Gasteiger partial charge >= 0.3 is 0 Å². The Morgan fingerprint density at radius 2 is 1.80 bits per heavy atom. The van der Waals surface area contributed by atoms with Gasteiger partial charge in [-0.2, -0.15) is 0 Å². The summed E-state index contributed by atoms with van der Waals surface area (Å²) in [5.41, 5.74) is 0.583. The molecule has 0 heterocycles. The molecule has 0 unspecified atom stereocenters. The van der Waals surface area contributed by atoms with Crippen LogP contribution in [-0.2, 0) is 9.59 Å². The summed E-state index contributed by atoms with van der Waals surface area (Å²) < 4.78 is 5.26. The number of hydrogen-bond donors (Lipinski definition) is 2. The van der Waals surface area contributed by atoms with E-state index in [0.29, 0.717) is 16.5 Å². The highest BCUT2D eigenvalue weighted by atomic mass is 35.5. The zero-order valence-corrected chi connectivity index (χ0v) is 15.7. The van der Waals surface area contributed by atoms with E-state index in [9.17, 15) is 9.59 Å². The van der Waals surface area contributed by atoms with Gasteiger partial charge in [0.25, 0.3) is 0 Å². The van der Waals surface area contributed by atoms with E-state index in [1.807, 2.05) is 0 Å². The Morgan fingerprint density at radius 3 is 2.40 bits per heavy atom. The normalized spacial score (nSPS) is 20.0. The number of hydrogen-bond acceptors (Lipinski definition) is 3. The lowest BCUT2D eigenvalue weighted by Crippen LogP contribution is -2.35. The Kier molecular flexibility index (Phi) is 7.56. The molecule has 1 aromatic rings. The number of carbonyl (C=O) groups excluding carboxylic acids is 2. The summed E-state index contributed by atoms with van der Waals surface area (Å²) in [6.07, 6.45) is 5.03. The summed E-state index contributed by atoms with van der Waals surface area (Å²) in [6, 6.07) is 5.14. The maximum Gasteiger partial charge on any atom is 0.227 e. The van der Waals surface area contributed by atoms with Gasteiger partial charge in [0.15, 0.2) is 0 Å². The van der Waals surface area contributed by atoms with E-state index in [-0.39, 0.29) is 23.7 Å². The molecule has 0 saturated heterocycles. The van der Waals surface area contributed by atoms with Crippen molar-refractivity contribution in [2.24, 2.45) is 11.8 Å². The summed E-state index contributed by atoms with van der Waals surface area (Å²) in [6.45, 7) is 2.84. The number of nitrogens with one attached hydrogen (secondary N) is 2. The van der Waals surface area contributed by atoms with Crippen LogP contribution in [0.5, 0.6) is 5.75 Å². The standard InChI is InChI=1S/C19H27ClN2O3/c1-3-4-11-21-18(23)13-5-7-14(8-6-13)19(24)22-16-12-15(20)9-10-17(16)25-2/h9-10,12-14H,3-8,11H2,1-2H3,(H,21,23)(H,22,24). The Morgan fingerprint density at radius 1 is 1.16 bits per heavy atom. The third-order valence-corrected chi connectivity index (χ3v) is 4.95. The minimum Gasteiger partial charge on any atom is -0.495 e. The fourth-order valence-electron chi connectivity index (χ4n) is 3.16. The Balaban J connectivity index is 1.85. The lowest BCUT2D eigenvalue weighted by molar-refractivity contribution is -0.128. The molecule has 0 aliphatic heterocycles. The van der Waals surface area contributed by atoms with Crippen LogP contribution in [0.1, 0.15) is 45.4 Å². The molecule has 1 aliphatic carbocycles. The molecule has 0 aromatic heterocycles. The number of unbranched alkanes of at least 4 members (excludes halogenated alkanes) is 1. The molecule has 5 nitrogen and oxygen atoms in total. The second-order valence-corrected chi connectivity index (χ2v) is 6.96. The van der Waals surface area contributed by atoms with Crippen LogP contribution in [0.15, 0.2) is 18.2 Å². The third kappa shape index (κ3) is 5.63. The first kappa shape index (κ1) is 19.6. The summed E-state index contributed by atoms with van der Waals surface area (Å²) in [7, 11) is 1.56. The molecule has 0 spiro atoms. The summed E-state index contributed by atoms with van der Waals surface area (Å²) in [5, 5.41) is 6.44. The first-order chi connectivity index (χ1) is 12.0. The average Bonchev–Trinajstić information content (AvgIpc) is 2.62. The van der Waals surface area contributed by atoms with Crippen LogP contribution >= 0.6 is 11.6 Å². The zero-order chi connectivity index (χ0) is 18.2. The SMILES string of the molecule is CCCCNC(=O)C1CCC(C(=O)Nc2cc(Cl)ccc2OC)CC1. The number of halogens is 1. The highest BCUT2D eigenvalue weighted by Crippen LogP contribution is 2.32. The van der Waals surface area contributed by atoms with Gasteiger partial charge in [-0.05, 0) is 50.3 Å². The Bertz CT molecular complexity index is 598. The van der Waals surface area contributed by atoms with Gasteiger partial charge in [-0.25, -0.2) is 0 Å². The van der Waals surface area contributed by atoms with Crippen LogP contribution in [0, 0.1) is 11.8 Å². The molecule has 1 aliphatic rings. The van der Waals surface area contributed by atoms with Crippen molar-refractivity contribution in [1.29, 1.82) is 0 Å². The highest BCUT2D eigenvalue weighted by molar-refractivity contribution is 6.31. The monoisotopic (exact) mass is 366 g/mol. The van der Waals surface area contributed by atoms with E-state index in [2.05, 4.69) is 17.6 Å². The van der Waals surface area contributed by atoms with Crippen LogP contribution in [0.25, 0.3) is 0 Å². The predicted octanol–water partition coefficient (Wildman–Crippen LogP) is 4.01. The van der Waals surface area contributed by atoms with Crippen molar-refractivity contribution in [2.75, 3.05) is 19.0 Å². The maximum atomic E-state index is 12.5. The van der Waals surface area contributed by atoms with Gasteiger partial charge in [-0.3, -0.25) is 9.59 Å². The van der Waals surface area contributed by atoms with Crippen molar-refractivity contribution in [3.8, 4) is 5.75 Å². The number of amides is 2. The van der Waals surface area contributed by atoms with E-state index in [4.69, 9.17) is 16.3 Å². The lowest BCUT2D eigenvalue weighted by Gasteiger charge is -2.27. The smallest absolute Gasteiger partial charge is 0.227 e. The minimum atomic E-state index is -0.0802. The molecular formula is C19H27ClN2O3. The molecular weight excluding hydrogens is 340 g/mol. The number of carbonyl (C=O) groups is 2. The second-order valence-electron chi connectivity index (χ2n) is 6.53. The van der Waals surface area contributed by atoms with E-state index in [0.717, 1.165) is 45.1 Å². The largest absolute Gasteiger partial charge is 0.495 e. The molecule has 25 heavy (non-hydrogen) atoms. The fraction of sp³-hybridized carbons (Fsp3) is 0.579. The van der Waals surface area contributed by atoms with Gasteiger partial charge in [0, 0.05) is 23.4 Å². The Labute approximate surface area is 154 Å². The lowest BCUT2D eigenvalue weighted by atomic mass is 9.81. The number of anilines is 1. The summed E-state index contributed by atoms with van der Waals surface area (Å²) >= 11 is 6.00. The van der Waals surface area contributed by atoms with Crippen molar-refractivity contribution in [1.82, 2.24) is 5.32 Å². The first-order valence-corrected chi connectivity index (χ1v) is 9.35. The Hall–Kier alpha value is -1.75. The third-order valence-electron chi connectivity index (χ3n) is 4.72.